The molecule has 2 aliphatic heterocycles. The lowest BCUT2D eigenvalue weighted by Crippen LogP contribution is -2.53. The number of nitrogens with one attached hydrogen (secondary N) is 1. The molecule has 8 heteroatoms. The van der Waals surface area contributed by atoms with Crippen LogP contribution >= 0.6 is 24.0 Å². The molecule has 0 bridgehead atoms. The summed E-state index contributed by atoms with van der Waals surface area (Å²) in [6.45, 7) is 11.3. The smallest absolute Gasteiger partial charge is 0.194 e. The number of piperidine rings is 1. The third-order valence-corrected chi connectivity index (χ3v) is 5.93. The maximum atomic E-state index is 14.1. The van der Waals surface area contributed by atoms with Gasteiger partial charge in [0.25, 0.3) is 0 Å². The van der Waals surface area contributed by atoms with E-state index in [0.717, 1.165) is 71.5 Å². The normalized spacial score (nSPS) is 19.0. The number of aliphatic imine (C=N–C) groups is 1. The summed E-state index contributed by atoms with van der Waals surface area (Å²) in [5.41, 5.74) is 0.703. The number of hydrogen-bond donors (Lipinski definition) is 1. The molecule has 3 rings (SSSR count). The van der Waals surface area contributed by atoms with Gasteiger partial charge in [-0.25, -0.2) is 4.39 Å². The third-order valence-electron chi connectivity index (χ3n) is 5.93. The van der Waals surface area contributed by atoms with Crippen molar-refractivity contribution in [2.75, 3.05) is 77.5 Å². The summed E-state index contributed by atoms with van der Waals surface area (Å²) >= 11 is 0. The first kappa shape index (κ1) is 25.1. The lowest BCUT2D eigenvalue weighted by Gasteiger charge is -2.38. The minimum atomic E-state index is -0.140. The number of guanidine groups is 1. The molecule has 0 spiro atoms. The van der Waals surface area contributed by atoms with Crippen LogP contribution < -0.4 is 10.2 Å². The SMILES string of the molecule is CCNC(=NCC1CCN(CCOC)CC1)N1CCN(c2ccccc2F)CC1.I. The van der Waals surface area contributed by atoms with Crippen LogP contribution in [0.15, 0.2) is 29.3 Å². The van der Waals surface area contributed by atoms with Gasteiger partial charge in [0, 0.05) is 52.9 Å². The van der Waals surface area contributed by atoms with Crippen LogP contribution in [0.4, 0.5) is 10.1 Å². The second kappa shape index (κ2) is 13.3. The number of halogens is 2. The fraction of sp³-hybridized carbons (Fsp3) is 0.682. The van der Waals surface area contributed by atoms with Crippen LogP contribution in [0.1, 0.15) is 19.8 Å². The number of rotatable bonds is 7. The monoisotopic (exact) mass is 533 g/mol. The van der Waals surface area contributed by atoms with E-state index >= 15 is 0 Å². The first-order chi connectivity index (χ1) is 14.2. The Kier molecular flexibility index (Phi) is 11.2. The molecule has 1 N–H and O–H groups in total. The predicted molar refractivity (Wildman–Crippen MR) is 133 cm³/mol. The van der Waals surface area contributed by atoms with Crippen molar-refractivity contribution in [3.8, 4) is 0 Å². The van der Waals surface area contributed by atoms with E-state index in [9.17, 15) is 4.39 Å². The van der Waals surface area contributed by atoms with Gasteiger partial charge in [-0.15, -0.1) is 24.0 Å². The Morgan fingerprint density at radius 1 is 1.13 bits per heavy atom. The molecule has 0 saturated carbocycles. The highest BCUT2D eigenvalue weighted by Gasteiger charge is 2.23. The molecular formula is C22H37FIN5O. The van der Waals surface area contributed by atoms with Crippen molar-refractivity contribution in [3.63, 3.8) is 0 Å². The van der Waals surface area contributed by atoms with E-state index in [1.54, 1.807) is 13.2 Å². The molecule has 30 heavy (non-hydrogen) atoms. The highest BCUT2D eigenvalue weighted by Crippen LogP contribution is 2.21. The molecule has 0 unspecified atom stereocenters. The topological polar surface area (TPSA) is 43.3 Å². The molecule has 0 radical (unpaired) electrons. The molecular weight excluding hydrogens is 496 g/mol. The van der Waals surface area contributed by atoms with Crippen molar-refractivity contribution >= 4 is 35.6 Å². The molecule has 2 heterocycles. The zero-order valence-electron chi connectivity index (χ0n) is 18.4. The molecule has 6 nitrogen and oxygen atoms in total. The third kappa shape index (κ3) is 7.23. The number of nitrogens with zero attached hydrogens (tertiary/aromatic N) is 4. The molecule has 1 aromatic carbocycles. The average Bonchev–Trinajstić information content (AvgIpc) is 2.76. The summed E-state index contributed by atoms with van der Waals surface area (Å²) in [5, 5.41) is 3.45. The van der Waals surface area contributed by atoms with Gasteiger partial charge in [0.05, 0.1) is 12.3 Å². The van der Waals surface area contributed by atoms with Gasteiger partial charge >= 0.3 is 0 Å². The summed E-state index contributed by atoms with van der Waals surface area (Å²) in [7, 11) is 1.76. The van der Waals surface area contributed by atoms with E-state index < -0.39 is 0 Å². The molecule has 0 aliphatic carbocycles. The van der Waals surface area contributed by atoms with E-state index in [-0.39, 0.29) is 29.8 Å². The van der Waals surface area contributed by atoms with Gasteiger partial charge < -0.3 is 24.8 Å². The zero-order chi connectivity index (χ0) is 20.5. The fourth-order valence-corrected chi connectivity index (χ4v) is 4.12. The molecule has 0 atom stereocenters. The lowest BCUT2D eigenvalue weighted by molar-refractivity contribution is 0.121. The van der Waals surface area contributed by atoms with Crippen LogP contribution in [0.25, 0.3) is 0 Å². The van der Waals surface area contributed by atoms with Gasteiger partial charge in [-0.05, 0) is 50.9 Å². The van der Waals surface area contributed by atoms with Crippen LogP contribution in [0.3, 0.4) is 0 Å². The first-order valence-corrected chi connectivity index (χ1v) is 10.9. The Morgan fingerprint density at radius 2 is 1.83 bits per heavy atom. The van der Waals surface area contributed by atoms with Crippen molar-refractivity contribution < 1.29 is 9.13 Å². The van der Waals surface area contributed by atoms with Gasteiger partial charge in [0.1, 0.15) is 5.82 Å². The van der Waals surface area contributed by atoms with Gasteiger partial charge in [-0.3, -0.25) is 4.99 Å². The minimum absolute atomic E-state index is 0. The van der Waals surface area contributed by atoms with E-state index in [2.05, 4.69) is 26.9 Å². The quantitative estimate of drug-likeness (QED) is 0.332. The highest BCUT2D eigenvalue weighted by molar-refractivity contribution is 14.0. The molecule has 0 aromatic heterocycles. The molecule has 0 amide bonds. The molecule has 170 valence electrons. The molecule has 2 aliphatic rings. The number of anilines is 1. The number of ether oxygens (including phenoxy) is 1. The molecule has 2 saturated heterocycles. The van der Waals surface area contributed by atoms with E-state index in [1.165, 1.54) is 18.9 Å². The number of piperazine rings is 1. The lowest BCUT2D eigenvalue weighted by atomic mass is 9.97. The van der Waals surface area contributed by atoms with E-state index in [1.807, 2.05) is 12.1 Å². The maximum Gasteiger partial charge on any atom is 0.194 e. The van der Waals surface area contributed by atoms with Crippen molar-refractivity contribution in [2.24, 2.45) is 10.9 Å². The standard InChI is InChI=1S/C22H36FN5O.HI/c1-3-24-22(25-18-19-8-10-26(11-9-19)16-17-29-2)28-14-12-27(13-15-28)21-7-5-4-6-20(21)23;/h4-7,19H,3,8-18H2,1-2H3,(H,24,25);1H. The summed E-state index contributed by atoms with van der Waals surface area (Å²) in [5.74, 6) is 1.52. The number of para-hydroxylation sites is 1. The maximum absolute atomic E-state index is 14.1. The van der Waals surface area contributed by atoms with Crippen LogP contribution in [0.2, 0.25) is 0 Å². The average molecular weight is 533 g/mol. The van der Waals surface area contributed by atoms with Gasteiger partial charge in [-0.1, -0.05) is 12.1 Å². The fourth-order valence-electron chi connectivity index (χ4n) is 4.12. The molecule has 2 fully saturated rings. The first-order valence-electron chi connectivity index (χ1n) is 10.9. The van der Waals surface area contributed by atoms with Crippen molar-refractivity contribution in [2.45, 2.75) is 19.8 Å². The van der Waals surface area contributed by atoms with E-state index in [4.69, 9.17) is 9.73 Å². The summed E-state index contributed by atoms with van der Waals surface area (Å²) in [6, 6.07) is 7.04. The van der Waals surface area contributed by atoms with Crippen LogP contribution in [0, 0.1) is 11.7 Å². The summed E-state index contributed by atoms with van der Waals surface area (Å²) in [6.07, 6.45) is 2.40. The summed E-state index contributed by atoms with van der Waals surface area (Å²) < 4.78 is 19.3. The van der Waals surface area contributed by atoms with Crippen molar-refractivity contribution in [1.29, 1.82) is 0 Å². The second-order valence-electron chi connectivity index (χ2n) is 7.90. The Hall–Kier alpha value is -1.13. The Bertz CT molecular complexity index is 646. The number of hydrogen-bond acceptors (Lipinski definition) is 4. The Balaban J connectivity index is 0.00000320. The minimum Gasteiger partial charge on any atom is -0.383 e. The predicted octanol–water partition coefficient (Wildman–Crippen LogP) is 2.89. The van der Waals surface area contributed by atoms with Gasteiger partial charge in [0.2, 0.25) is 0 Å². The second-order valence-corrected chi connectivity index (χ2v) is 7.90. The number of likely N-dealkylation sites (tertiary alicyclic amines) is 1. The van der Waals surface area contributed by atoms with Crippen LogP contribution in [-0.2, 0) is 4.74 Å². The summed E-state index contributed by atoms with van der Waals surface area (Å²) in [4.78, 5) is 11.9. The Labute approximate surface area is 197 Å². The Morgan fingerprint density at radius 3 is 2.47 bits per heavy atom. The molecule has 1 aromatic rings. The largest absolute Gasteiger partial charge is 0.383 e. The van der Waals surface area contributed by atoms with Crippen LogP contribution in [-0.4, -0.2) is 88.4 Å². The number of methoxy groups -OCH3 is 1. The van der Waals surface area contributed by atoms with Crippen molar-refractivity contribution in [1.82, 2.24) is 15.1 Å². The highest BCUT2D eigenvalue weighted by atomic mass is 127. The van der Waals surface area contributed by atoms with Gasteiger partial charge in [-0.2, -0.15) is 0 Å². The van der Waals surface area contributed by atoms with Crippen LogP contribution in [0.5, 0.6) is 0 Å². The van der Waals surface area contributed by atoms with Crippen molar-refractivity contribution in [3.05, 3.63) is 30.1 Å². The number of benzene rings is 1. The van der Waals surface area contributed by atoms with Gasteiger partial charge in [0.15, 0.2) is 5.96 Å². The van der Waals surface area contributed by atoms with E-state index in [0.29, 0.717) is 11.6 Å². The zero-order valence-corrected chi connectivity index (χ0v) is 20.7.